The lowest BCUT2D eigenvalue weighted by Crippen LogP contribution is -2.50. The number of hydrogen-bond donors (Lipinski definition) is 0. The van der Waals surface area contributed by atoms with Crippen molar-refractivity contribution in [3.8, 4) is 23.0 Å². The van der Waals surface area contributed by atoms with Crippen LogP contribution in [0.25, 0.3) is 0 Å². The lowest BCUT2D eigenvalue weighted by Gasteiger charge is -2.34. The number of para-hydroxylation sites is 1. The van der Waals surface area contributed by atoms with E-state index in [0.29, 0.717) is 41.7 Å². The van der Waals surface area contributed by atoms with Crippen molar-refractivity contribution in [1.82, 2.24) is 4.90 Å². The second-order valence-corrected chi connectivity index (χ2v) is 7.84. The van der Waals surface area contributed by atoms with Crippen molar-refractivity contribution in [3.05, 3.63) is 83.4 Å². The van der Waals surface area contributed by atoms with Crippen molar-refractivity contribution >= 4 is 11.8 Å². The Labute approximate surface area is 198 Å². The van der Waals surface area contributed by atoms with E-state index in [0.717, 1.165) is 11.1 Å². The fourth-order valence-corrected chi connectivity index (χ4v) is 4.08. The molecular formula is C27H27NO6. The highest BCUT2D eigenvalue weighted by Crippen LogP contribution is 2.33. The van der Waals surface area contributed by atoms with E-state index < -0.39 is 12.0 Å². The largest absolute Gasteiger partial charge is 0.497 e. The molecule has 3 aromatic carbocycles. The summed E-state index contributed by atoms with van der Waals surface area (Å²) in [7, 11) is 3.16. The maximum atomic E-state index is 13.4. The van der Waals surface area contributed by atoms with Crippen LogP contribution in [0.2, 0.25) is 0 Å². The third-order valence-electron chi connectivity index (χ3n) is 5.69. The summed E-state index contributed by atoms with van der Waals surface area (Å²) < 4.78 is 22.0. The summed E-state index contributed by atoms with van der Waals surface area (Å²) >= 11 is 0. The first-order chi connectivity index (χ1) is 16.5. The SMILES string of the molecule is CCOC(=O)C1C(=O)c2ccc(Oc3ccccc3)cc2CN1Cc1ccc(OC)cc1OC. The number of ether oxygens (including phenoxy) is 4. The van der Waals surface area contributed by atoms with Crippen LogP contribution < -0.4 is 14.2 Å². The van der Waals surface area contributed by atoms with Crippen LogP contribution in [0.5, 0.6) is 23.0 Å². The molecule has 3 aromatic rings. The number of nitrogens with zero attached hydrogens (tertiary/aromatic N) is 1. The maximum absolute atomic E-state index is 13.4. The lowest BCUT2D eigenvalue weighted by molar-refractivity contribution is -0.148. The Morgan fingerprint density at radius 3 is 2.41 bits per heavy atom. The lowest BCUT2D eigenvalue weighted by atomic mass is 9.91. The first-order valence-electron chi connectivity index (χ1n) is 11.1. The van der Waals surface area contributed by atoms with Gasteiger partial charge in [-0.15, -0.1) is 0 Å². The van der Waals surface area contributed by atoms with Crippen LogP contribution in [0.4, 0.5) is 0 Å². The fourth-order valence-electron chi connectivity index (χ4n) is 4.08. The molecule has 0 saturated carbocycles. The predicted octanol–water partition coefficient (Wildman–Crippen LogP) is 4.63. The van der Waals surface area contributed by atoms with E-state index in [9.17, 15) is 9.59 Å². The number of hydrogen-bond acceptors (Lipinski definition) is 7. The quantitative estimate of drug-likeness (QED) is 0.358. The summed E-state index contributed by atoms with van der Waals surface area (Å²) in [6.45, 7) is 2.60. The number of carbonyl (C=O) groups excluding carboxylic acids is 2. The van der Waals surface area contributed by atoms with Crippen LogP contribution in [0.15, 0.2) is 66.7 Å². The molecule has 1 heterocycles. The predicted molar refractivity (Wildman–Crippen MR) is 127 cm³/mol. The highest BCUT2D eigenvalue weighted by molar-refractivity contribution is 6.13. The minimum atomic E-state index is -1.04. The van der Waals surface area contributed by atoms with Crippen LogP contribution in [-0.4, -0.2) is 43.5 Å². The molecule has 1 aliphatic rings. The van der Waals surface area contributed by atoms with Gasteiger partial charge in [-0.25, -0.2) is 4.79 Å². The first kappa shape index (κ1) is 23.3. The molecule has 7 heteroatoms. The third-order valence-corrected chi connectivity index (χ3v) is 5.69. The van der Waals surface area contributed by atoms with Crippen molar-refractivity contribution in [2.24, 2.45) is 0 Å². The molecule has 7 nitrogen and oxygen atoms in total. The Morgan fingerprint density at radius 1 is 0.941 bits per heavy atom. The van der Waals surface area contributed by atoms with Crippen LogP contribution >= 0.6 is 0 Å². The van der Waals surface area contributed by atoms with E-state index in [2.05, 4.69) is 0 Å². The second-order valence-electron chi connectivity index (χ2n) is 7.84. The summed E-state index contributed by atoms with van der Waals surface area (Å²) in [4.78, 5) is 28.0. The summed E-state index contributed by atoms with van der Waals surface area (Å²) in [6.07, 6.45) is 0. The molecule has 0 radical (unpaired) electrons. The molecule has 1 atom stereocenters. The van der Waals surface area contributed by atoms with Crippen LogP contribution in [0.3, 0.4) is 0 Å². The van der Waals surface area contributed by atoms with E-state index in [1.807, 2.05) is 48.5 Å². The van der Waals surface area contributed by atoms with Gasteiger partial charge in [0.1, 0.15) is 23.0 Å². The zero-order valence-electron chi connectivity index (χ0n) is 19.4. The van der Waals surface area contributed by atoms with E-state index in [1.165, 1.54) is 0 Å². The Bertz CT molecular complexity index is 1180. The Balaban J connectivity index is 1.67. The summed E-state index contributed by atoms with van der Waals surface area (Å²) in [5, 5.41) is 0. The smallest absolute Gasteiger partial charge is 0.331 e. The zero-order valence-corrected chi connectivity index (χ0v) is 19.4. The average Bonchev–Trinajstić information content (AvgIpc) is 2.85. The molecular weight excluding hydrogens is 434 g/mol. The number of esters is 1. The van der Waals surface area contributed by atoms with E-state index in [4.69, 9.17) is 18.9 Å². The molecule has 0 saturated heterocycles. The Kier molecular flexibility index (Phi) is 7.13. The number of Topliss-reactive ketones (excluding diaryl/α,β-unsaturated/α-hetero) is 1. The Hall–Kier alpha value is -3.84. The van der Waals surface area contributed by atoms with Gasteiger partial charge in [-0.3, -0.25) is 9.69 Å². The summed E-state index contributed by atoms with van der Waals surface area (Å²) in [5.41, 5.74) is 2.11. The molecule has 1 aliphatic heterocycles. The molecule has 0 amide bonds. The van der Waals surface area contributed by atoms with Gasteiger partial charge in [-0.05, 0) is 48.9 Å². The van der Waals surface area contributed by atoms with Gasteiger partial charge >= 0.3 is 5.97 Å². The normalized spacial score (nSPS) is 15.4. The summed E-state index contributed by atoms with van der Waals surface area (Å²) in [5.74, 6) is 1.74. The van der Waals surface area contributed by atoms with Crippen molar-refractivity contribution in [2.75, 3.05) is 20.8 Å². The molecule has 0 aromatic heterocycles. The zero-order chi connectivity index (χ0) is 24.1. The number of methoxy groups -OCH3 is 2. The van der Waals surface area contributed by atoms with Crippen molar-refractivity contribution in [2.45, 2.75) is 26.1 Å². The second kappa shape index (κ2) is 10.4. The van der Waals surface area contributed by atoms with Gasteiger partial charge in [-0.1, -0.05) is 24.3 Å². The van der Waals surface area contributed by atoms with Gasteiger partial charge in [-0.2, -0.15) is 0 Å². The van der Waals surface area contributed by atoms with E-state index in [-0.39, 0.29) is 12.4 Å². The molecule has 34 heavy (non-hydrogen) atoms. The van der Waals surface area contributed by atoms with Crippen LogP contribution in [0, 0.1) is 0 Å². The minimum Gasteiger partial charge on any atom is -0.497 e. The maximum Gasteiger partial charge on any atom is 0.331 e. The van der Waals surface area contributed by atoms with Gasteiger partial charge in [0.2, 0.25) is 0 Å². The number of ketones is 1. The molecule has 0 bridgehead atoms. The van der Waals surface area contributed by atoms with Crippen molar-refractivity contribution < 1.29 is 28.5 Å². The molecule has 176 valence electrons. The summed E-state index contributed by atoms with van der Waals surface area (Å²) in [6, 6.07) is 19.2. The van der Waals surface area contributed by atoms with E-state index >= 15 is 0 Å². The number of benzene rings is 3. The highest BCUT2D eigenvalue weighted by atomic mass is 16.5. The molecule has 0 spiro atoms. The van der Waals surface area contributed by atoms with Crippen molar-refractivity contribution in [3.63, 3.8) is 0 Å². The topological polar surface area (TPSA) is 74.3 Å². The standard InChI is InChI=1S/C27H27NO6/c1-4-33-27(30)25-26(29)23-13-12-22(34-20-8-6-5-7-9-20)14-19(23)17-28(25)16-18-10-11-21(31-2)15-24(18)32-3/h5-15,25H,4,16-17H2,1-3H3. The molecule has 0 fully saturated rings. The van der Waals surface area contributed by atoms with E-state index in [1.54, 1.807) is 44.2 Å². The minimum absolute atomic E-state index is 0.193. The van der Waals surface area contributed by atoms with Gasteiger partial charge in [0, 0.05) is 30.3 Å². The number of carbonyl (C=O) groups is 2. The molecule has 4 rings (SSSR count). The number of fused-ring (bicyclic) bond motifs is 1. The fraction of sp³-hybridized carbons (Fsp3) is 0.259. The third kappa shape index (κ3) is 4.89. The first-order valence-corrected chi connectivity index (χ1v) is 11.1. The van der Waals surface area contributed by atoms with Crippen molar-refractivity contribution in [1.29, 1.82) is 0 Å². The van der Waals surface area contributed by atoms with Gasteiger partial charge in [0.15, 0.2) is 11.8 Å². The number of rotatable bonds is 8. The van der Waals surface area contributed by atoms with Gasteiger partial charge in [0.25, 0.3) is 0 Å². The van der Waals surface area contributed by atoms with Crippen LogP contribution in [-0.2, 0) is 22.6 Å². The van der Waals surface area contributed by atoms with Crippen LogP contribution in [0.1, 0.15) is 28.4 Å². The van der Waals surface area contributed by atoms with Gasteiger partial charge in [0.05, 0.1) is 20.8 Å². The highest BCUT2D eigenvalue weighted by Gasteiger charge is 2.40. The molecule has 0 aliphatic carbocycles. The monoisotopic (exact) mass is 461 g/mol. The molecule has 0 N–H and O–H groups in total. The van der Waals surface area contributed by atoms with Gasteiger partial charge < -0.3 is 18.9 Å². The average molecular weight is 462 g/mol. The molecule has 1 unspecified atom stereocenters. The Morgan fingerprint density at radius 2 is 1.71 bits per heavy atom.